The highest BCUT2D eigenvalue weighted by atomic mass is 79.9. The molecule has 1 aromatic carbocycles. The van der Waals surface area contributed by atoms with Gasteiger partial charge in [-0.1, -0.05) is 0 Å². The van der Waals surface area contributed by atoms with Gasteiger partial charge in [0.2, 0.25) is 6.08 Å². The molecule has 0 bridgehead atoms. The van der Waals surface area contributed by atoms with E-state index in [9.17, 15) is 14.9 Å². The van der Waals surface area contributed by atoms with Crippen LogP contribution in [-0.4, -0.2) is 11.0 Å². The Labute approximate surface area is 94.1 Å². The molecule has 0 spiro atoms. The first-order chi connectivity index (χ1) is 6.99. The molecule has 0 aromatic heterocycles. The van der Waals surface area contributed by atoms with Crippen molar-refractivity contribution in [1.29, 1.82) is 0 Å². The second kappa shape index (κ2) is 4.33. The number of nitro benzene ring substituents is 1. The number of aliphatic imine (C=N–C) groups is 1. The number of hydrogen-bond donors (Lipinski definition) is 0. The number of carbonyl (C=O) groups excluding carboxylic acids is 1. The highest BCUT2D eigenvalue weighted by Gasteiger charge is 2.17. The molecule has 0 fully saturated rings. The summed E-state index contributed by atoms with van der Waals surface area (Å²) in [6.45, 7) is 3.28. The van der Waals surface area contributed by atoms with Gasteiger partial charge in [0.05, 0.1) is 15.1 Å². The van der Waals surface area contributed by atoms with E-state index in [0.717, 1.165) is 0 Å². The molecular formula is C9H7BrN2O3. The van der Waals surface area contributed by atoms with Gasteiger partial charge in [-0.15, -0.1) is 0 Å². The lowest BCUT2D eigenvalue weighted by Crippen LogP contribution is -1.94. The van der Waals surface area contributed by atoms with Gasteiger partial charge in [0.1, 0.15) is 0 Å². The topological polar surface area (TPSA) is 72.6 Å². The lowest BCUT2D eigenvalue weighted by Gasteiger charge is -2.06. The average molecular weight is 271 g/mol. The lowest BCUT2D eigenvalue weighted by atomic mass is 10.1. The Morgan fingerprint density at radius 3 is 2.53 bits per heavy atom. The molecule has 0 radical (unpaired) electrons. The fourth-order valence-electron chi connectivity index (χ4n) is 1.22. The maximum atomic E-state index is 10.7. The molecule has 1 aromatic rings. The zero-order chi connectivity index (χ0) is 11.6. The summed E-state index contributed by atoms with van der Waals surface area (Å²) >= 11 is 3.12. The van der Waals surface area contributed by atoms with Gasteiger partial charge in [0.25, 0.3) is 5.69 Å². The molecule has 15 heavy (non-hydrogen) atoms. The summed E-state index contributed by atoms with van der Waals surface area (Å²) in [5, 5.41) is 10.7. The number of isocyanates is 1. The van der Waals surface area contributed by atoms with Crippen LogP contribution in [0.25, 0.3) is 0 Å². The van der Waals surface area contributed by atoms with Crippen molar-refractivity contribution in [3.05, 3.63) is 31.8 Å². The molecule has 0 heterocycles. The van der Waals surface area contributed by atoms with E-state index in [1.807, 2.05) is 0 Å². The van der Waals surface area contributed by atoms with Crippen molar-refractivity contribution in [2.45, 2.75) is 13.8 Å². The maximum absolute atomic E-state index is 10.7. The van der Waals surface area contributed by atoms with Crippen LogP contribution in [0.3, 0.4) is 0 Å². The normalized spacial score (nSPS) is 9.53. The van der Waals surface area contributed by atoms with Crippen LogP contribution in [0.5, 0.6) is 0 Å². The monoisotopic (exact) mass is 270 g/mol. The molecular weight excluding hydrogens is 264 g/mol. The van der Waals surface area contributed by atoms with E-state index in [1.165, 1.54) is 12.1 Å². The standard InChI is InChI=1S/C9H7BrN2O3/c1-5-6(2)9(11-4-13)7(10)3-8(5)12(14)15/h3H,1-2H3. The second-order valence-corrected chi connectivity index (χ2v) is 3.79. The smallest absolute Gasteiger partial charge is 0.258 e. The molecule has 0 saturated carbocycles. The summed E-state index contributed by atoms with van der Waals surface area (Å²) in [6.07, 6.45) is 1.42. The molecule has 6 heteroatoms. The van der Waals surface area contributed by atoms with Gasteiger partial charge in [-0.05, 0) is 35.3 Å². The highest BCUT2D eigenvalue weighted by molar-refractivity contribution is 9.10. The minimum Gasteiger partial charge on any atom is -0.258 e. The van der Waals surface area contributed by atoms with Crippen LogP contribution < -0.4 is 0 Å². The molecule has 0 aliphatic carbocycles. The van der Waals surface area contributed by atoms with Gasteiger partial charge < -0.3 is 0 Å². The van der Waals surface area contributed by atoms with E-state index in [2.05, 4.69) is 20.9 Å². The van der Waals surface area contributed by atoms with Crippen molar-refractivity contribution in [1.82, 2.24) is 0 Å². The van der Waals surface area contributed by atoms with Crippen LogP contribution in [0.2, 0.25) is 0 Å². The molecule has 0 atom stereocenters. The summed E-state index contributed by atoms with van der Waals surface area (Å²) < 4.78 is 0.417. The third kappa shape index (κ3) is 2.11. The van der Waals surface area contributed by atoms with Gasteiger partial charge in [0.15, 0.2) is 0 Å². The summed E-state index contributed by atoms with van der Waals surface area (Å²) in [7, 11) is 0. The van der Waals surface area contributed by atoms with Crippen molar-refractivity contribution in [2.75, 3.05) is 0 Å². The Hall–Kier alpha value is -1.52. The SMILES string of the molecule is Cc1c([N+](=O)[O-])cc(Br)c(N=C=O)c1C. The summed E-state index contributed by atoms with van der Waals surface area (Å²) in [4.78, 5) is 23.9. The van der Waals surface area contributed by atoms with E-state index in [4.69, 9.17) is 0 Å². The first-order valence-electron chi connectivity index (χ1n) is 4.01. The van der Waals surface area contributed by atoms with Gasteiger partial charge in [-0.25, -0.2) is 4.79 Å². The van der Waals surface area contributed by atoms with Crippen LogP contribution in [0.1, 0.15) is 11.1 Å². The number of nitro groups is 1. The lowest BCUT2D eigenvalue weighted by molar-refractivity contribution is -0.385. The minimum atomic E-state index is -0.471. The van der Waals surface area contributed by atoms with Gasteiger partial charge in [0, 0.05) is 11.6 Å². The Morgan fingerprint density at radius 2 is 2.07 bits per heavy atom. The zero-order valence-corrected chi connectivity index (χ0v) is 9.66. The van der Waals surface area contributed by atoms with Gasteiger partial charge in [-0.2, -0.15) is 4.99 Å². The molecule has 0 aliphatic rings. The average Bonchev–Trinajstić information content (AvgIpc) is 2.18. The van der Waals surface area contributed by atoms with Crippen LogP contribution in [-0.2, 0) is 4.79 Å². The molecule has 1 rings (SSSR count). The highest BCUT2D eigenvalue weighted by Crippen LogP contribution is 2.36. The van der Waals surface area contributed by atoms with Crippen LogP contribution in [0.4, 0.5) is 11.4 Å². The number of halogens is 1. The van der Waals surface area contributed by atoms with Crippen molar-refractivity contribution in [3.63, 3.8) is 0 Å². The van der Waals surface area contributed by atoms with Gasteiger partial charge in [-0.3, -0.25) is 10.1 Å². The summed E-state index contributed by atoms with van der Waals surface area (Å²) in [6, 6.07) is 1.33. The molecule has 0 amide bonds. The third-order valence-electron chi connectivity index (χ3n) is 2.15. The molecule has 0 N–H and O–H groups in total. The predicted octanol–water partition coefficient (Wildman–Crippen LogP) is 2.94. The van der Waals surface area contributed by atoms with Crippen molar-refractivity contribution < 1.29 is 9.72 Å². The van der Waals surface area contributed by atoms with E-state index < -0.39 is 4.92 Å². The van der Waals surface area contributed by atoms with Crippen LogP contribution in [0, 0.1) is 24.0 Å². The Morgan fingerprint density at radius 1 is 1.47 bits per heavy atom. The van der Waals surface area contributed by atoms with E-state index >= 15 is 0 Å². The first kappa shape index (κ1) is 11.6. The van der Waals surface area contributed by atoms with Crippen LogP contribution >= 0.6 is 15.9 Å². The number of benzene rings is 1. The van der Waals surface area contributed by atoms with Crippen molar-refractivity contribution in [3.8, 4) is 0 Å². The van der Waals surface area contributed by atoms with Crippen molar-refractivity contribution >= 4 is 33.4 Å². The number of nitrogens with zero attached hydrogens (tertiary/aromatic N) is 2. The van der Waals surface area contributed by atoms with Crippen LogP contribution in [0.15, 0.2) is 15.5 Å². The molecule has 0 aliphatic heterocycles. The molecule has 5 nitrogen and oxygen atoms in total. The fraction of sp³-hybridized carbons (Fsp3) is 0.222. The maximum Gasteiger partial charge on any atom is 0.273 e. The zero-order valence-electron chi connectivity index (χ0n) is 8.07. The number of rotatable bonds is 2. The largest absolute Gasteiger partial charge is 0.273 e. The van der Waals surface area contributed by atoms with E-state index in [-0.39, 0.29) is 5.69 Å². The summed E-state index contributed by atoms with van der Waals surface area (Å²) in [5.41, 5.74) is 1.48. The molecule has 0 saturated heterocycles. The van der Waals surface area contributed by atoms with Gasteiger partial charge >= 0.3 is 0 Å². The van der Waals surface area contributed by atoms with E-state index in [0.29, 0.717) is 21.3 Å². The minimum absolute atomic E-state index is 0.00391. The number of hydrogen-bond acceptors (Lipinski definition) is 4. The Balaban J connectivity index is 3.57. The second-order valence-electron chi connectivity index (χ2n) is 2.94. The molecule has 0 unspecified atom stereocenters. The molecule has 78 valence electrons. The Kier molecular flexibility index (Phi) is 3.34. The first-order valence-corrected chi connectivity index (χ1v) is 4.80. The quantitative estimate of drug-likeness (QED) is 0.359. The van der Waals surface area contributed by atoms with E-state index in [1.54, 1.807) is 13.8 Å². The third-order valence-corrected chi connectivity index (χ3v) is 2.75. The fourth-order valence-corrected chi connectivity index (χ4v) is 1.82. The summed E-state index contributed by atoms with van der Waals surface area (Å²) in [5.74, 6) is 0. The predicted molar refractivity (Wildman–Crippen MR) is 58.1 cm³/mol. The van der Waals surface area contributed by atoms with Crippen molar-refractivity contribution in [2.24, 2.45) is 4.99 Å². The Bertz CT molecular complexity index is 479.